The molecule has 0 saturated carbocycles. The van der Waals surface area contributed by atoms with Crippen LogP contribution in [0, 0.1) is 0 Å². The second-order valence-corrected chi connectivity index (χ2v) is 12.0. The van der Waals surface area contributed by atoms with Gasteiger partial charge in [-0.25, -0.2) is 18.4 Å². The highest BCUT2D eigenvalue weighted by atomic mass is 32.2. The molecule has 0 spiro atoms. The van der Waals surface area contributed by atoms with Crippen LogP contribution in [0.25, 0.3) is 20.7 Å². The lowest BCUT2D eigenvalue weighted by atomic mass is 10.1. The maximum absolute atomic E-state index is 13.1. The monoisotopic (exact) mass is 475 g/mol. The van der Waals surface area contributed by atoms with Gasteiger partial charge in [0.05, 0.1) is 17.3 Å². The number of amides is 1. The van der Waals surface area contributed by atoms with E-state index in [4.69, 9.17) is 0 Å². The zero-order chi connectivity index (χ0) is 22.0. The van der Waals surface area contributed by atoms with Gasteiger partial charge >= 0.3 is 0 Å². The van der Waals surface area contributed by atoms with E-state index in [2.05, 4.69) is 28.2 Å². The number of carbonyl (C=O) groups is 1. The van der Waals surface area contributed by atoms with Crippen molar-refractivity contribution in [2.45, 2.75) is 43.8 Å². The standard InChI is InChI=1S/C22H25N3O3S3/c1-3-15(2)25(17-9-10-31(27,28)13-17)20(26)12-29-21-18-11-19(16-7-5-4-6-8-16)30-22(18)24-14-23-21/h4-8,11,14-15,17H,3,9-10,12-13H2,1-2H3. The maximum atomic E-state index is 13.1. The summed E-state index contributed by atoms with van der Waals surface area (Å²) in [5.74, 6) is 0.418. The molecule has 1 fully saturated rings. The summed E-state index contributed by atoms with van der Waals surface area (Å²) in [5, 5.41) is 1.72. The van der Waals surface area contributed by atoms with Gasteiger partial charge < -0.3 is 4.90 Å². The van der Waals surface area contributed by atoms with Crippen LogP contribution in [0.5, 0.6) is 0 Å². The number of fused-ring (bicyclic) bond motifs is 1. The van der Waals surface area contributed by atoms with Crippen LogP contribution in [0.2, 0.25) is 0 Å². The number of nitrogens with zero attached hydrogens (tertiary/aromatic N) is 3. The van der Waals surface area contributed by atoms with E-state index in [0.717, 1.165) is 32.1 Å². The smallest absolute Gasteiger partial charge is 0.233 e. The van der Waals surface area contributed by atoms with Gasteiger partial charge in [0.25, 0.3) is 0 Å². The van der Waals surface area contributed by atoms with E-state index in [0.29, 0.717) is 6.42 Å². The van der Waals surface area contributed by atoms with Crippen molar-refractivity contribution in [1.29, 1.82) is 0 Å². The highest BCUT2D eigenvalue weighted by Crippen LogP contribution is 2.36. The Morgan fingerprint density at radius 3 is 2.74 bits per heavy atom. The molecular formula is C22H25N3O3S3. The molecule has 3 heterocycles. The molecule has 164 valence electrons. The lowest BCUT2D eigenvalue weighted by Gasteiger charge is -2.33. The lowest BCUT2D eigenvalue weighted by Crippen LogP contribution is -2.47. The van der Waals surface area contributed by atoms with Crippen LogP contribution >= 0.6 is 23.1 Å². The minimum absolute atomic E-state index is 0.00245. The molecule has 0 aliphatic carbocycles. The Balaban J connectivity index is 1.53. The molecule has 0 N–H and O–H groups in total. The molecule has 6 nitrogen and oxygen atoms in total. The molecule has 2 aromatic heterocycles. The van der Waals surface area contributed by atoms with Gasteiger partial charge in [-0.1, -0.05) is 49.0 Å². The Morgan fingerprint density at radius 2 is 2.06 bits per heavy atom. The molecule has 3 aromatic rings. The number of benzene rings is 1. The third-order valence-electron chi connectivity index (χ3n) is 5.64. The van der Waals surface area contributed by atoms with E-state index in [9.17, 15) is 13.2 Å². The quantitative estimate of drug-likeness (QED) is 0.375. The molecule has 1 saturated heterocycles. The topological polar surface area (TPSA) is 80.2 Å². The number of carbonyl (C=O) groups excluding carboxylic acids is 1. The SMILES string of the molecule is CCC(C)N(C(=O)CSc1ncnc2sc(-c3ccccc3)cc12)C1CCS(=O)(=O)C1. The highest BCUT2D eigenvalue weighted by Gasteiger charge is 2.36. The predicted octanol–water partition coefficient (Wildman–Crippen LogP) is 4.26. The van der Waals surface area contributed by atoms with Gasteiger partial charge in [-0.2, -0.15) is 0 Å². The average Bonchev–Trinajstić information content (AvgIpc) is 3.36. The summed E-state index contributed by atoms with van der Waals surface area (Å²) in [6.07, 6.45) is 2.85. The number of sulfone groups is 1. The normalized spacial score (nSPS) is 18.8. The Hall–Kier alpha value is -1.97. The number of hydrogen-bond donors (Lipinski definition) is 0. The minimum atomic E-state index is -3.06. The first kappa shape index (κ1) is 22.2. The molecule has 31 heavy (non-hydrogen) atoms. The van der Waals surface area contributed by atoms with Gasteiger partial charge in [0.2, 0.25) is 5.91 Å². The van der Waals surface area contributed by atoms with Gasteiger partial charge in [0.15, 0.2) is 9.84 Å². The van der Waals surface area contributed by atoms with Crippen LogP contribution in [0.1, 0.15) is 26.7 Å². The summed E-state index contributed by atoms with van der Waals surface area (Å²) >= 11 is 3.00. The largest absolute Gasteiger partial charge is 0.335 e. The molecule has 4 rings (SSSR count). The lowest BCUT2D eigenvalue weighted by molar-refractivity contribution is -0.132. The fourth-order valence-corrected chi connectivity index (χ4v) is 7.52. The maximum Gasteiger partial charge on any atom is 0.233 e. The summed E-state index contributed by atoms with van der Waals surface area (Å²) in [6, 6.07) is 12.0. The fraction of sp³-hybridized carbons (Fsp3) is 0.409. The van der Waals surface area contributed by atoms with Crippen LogP contribution in [0.15, 0.2) is 47.8 Å². The second-order valence-electron chi connectivity index (χ2n) is 7.78. The van der Waals surface area contributed by atoms with Crippen LogP contribution < -0.4 is 0 Å². The van der Waals surface area contributed by atoms with E-state index in [-0.39, 0.29) is 35.2 Å². The minimum Gasteiger partial charge on any atom is -0.335 e. The molecule has 9 heteroatoms. The molecule has 2 atom stereocenters. The highest BCUT2D eigenvalue weighted by molar-refractivity contribution is 8.00. The molecule has 1 aliphatic rings. The van der Waals surface area contributed by atoms with Crippen molar-refractivity contribution in [3.05, 3.63) is 42.7 Å². The van der Waals surface area contributed by atoms with Crippen LogP contribution in [0.3, 0.4) is 0 Å². The molecule has 1 aliphatic heterocycles. The Morgan fingerprint density at radius 1 is 1.29 bits per heavy atom. The molecule has 0 radical (unpaired) electrons. The number of thioether (sulfide) groups is 1. The Kier molecular flexibility index (Phi) is 6.64. The Labute approximate surface area is 191 Å². The van der Waals surface area contributed by atoms with Crippen molar-refractivity contribution < 1.29 is 13.2 Å². The van der Waals surface area contributed by atoms with E-state index in [1.54, 1.807) is 16.2 Å². The summed E-state index contributed by atoms with van der Waals surface area (Å²) < 4.78 is 23.9. The Bertz CT molecular complexity index is 1180. The zero-order valence-corrected chi connectivity index (χ0v) is 20.0. The van der Waals surface area contributed by atoms with Gasteiger partial charge in [0.1, 0.15) is 16.2 Å². The first-order valence-electron chi connectivity index (χ1n) is 10.3. The second kappa shape index (κ2) is 9.26. The number of rotatable bonds is 7. The van der Waals surface area contributed by atoms with Gasteiger partial charge in [-0.3, -0.25) is 4.79 Å². The van der Waals surface area contributed by atoms with Crippen LogP contribution in [-0.4, -0.2) is 58.5 Å². The molecule has 1 amide bonds. The fourth-order valence-electron chi connectivity index (χ4n) is 3.90. The van der Waals surface area contributed by atoms with E-state index >= 15 is 0 Å². The molecule has 2 unspecified atom stereocenters. The predicted molar refractivity (Wildman–Crippen MR) is 127 cm³/mol. The van der Waals surface area contributed by atoms with Crippen LogP contribution in [0.4, 0.5) is 0 Å². The summed E-state index contributed by atoms with van der Waals surface area (Å²) in [5.41, 5.74) is 1.13. The molecular weight excluding hydrogens is 450 g/mol. The van der Waals surface area contributed by atoms with Crippen molar-refractivity contribution in [3.63, 3.8) is 0 Å². The summed E-state index contributed by atoms with van der Waals surface area (Å²) in [4.78, 5) is 25.8. The third-order valence-corrected chi connectivity index (χ3v) is 9.47. The van der Waals surface area contributed by atoms with E-state index in [1.807, 2.05) is 32.0 Å². The average molecular weight is 476 g/mol. The number of hydrogen-bond acceptors (Lipinski definition) is 7. The molecule has 1 aromatic carbocycles. The first-order valence-corrected chi connectivity index (χ1v) is 13.9. The van der Waals surface area contributed by atoms with Crippen molar-refractivity contribution in [1.82, 2.24) is 14.9 Å². The van der Waals surface area contributed by atoms with Crippen molar-refractivity contribution >= 4 is 49.1 Å². The molecule has 0 bridgehead atoms. The van der Waals surface area contributed by atoms with E-state index < -0.39 is 9.84 Å². The summed E-state index contributed by atoms with van der Waals surface area (Å²) in [7, 11) is -3.06. The van der Waals surface area contributed by atoms with Gasteiger partial charge in [-0.05, 0) is 31.4 Å². The number of thiophene rings is 1. The van der Waals surface area contributed by atoms with Gasteiger partial charge in [0, 0.05) is 22.3 Å². The summed E-state index contributed by atoms with van der Waals surface area (Å²) in [6.45, 7) is 4.01. The third kappa shape index (κ3) is 4.94. The van der Waals surface area contributed by atoms with E-state index in [1.165, 1.54) is 18.1 Å². The van der Waals surface area contributed by atoms with Crippen molar-refractivity contribution in [2.24, 2.45) is 0 Å². The van der Waals surface area contributed by atoms with Crippen molar-refractivity contribution in [3.8, 4) is 10.4 Å². The van der Waals surface area contributed by atoms with Crippen LogP contribution in [-0.2, 0) is 14.6 Å². The first-order chi connectivity index (χ1) is 14.9. The number of aromatic nitrogens is 2. The van der Waals surface area contributed by atoms with Crippen molar-refractivity contribution in [2.75, 3.05) is 17.3 Å². The van der Waals surface area contributed by atoms with Gasteiger partial charge in [-0.15, -0.1) is 11.3 Å². The zero-order valence-electron chi connectivity index (χ0n) is 17.5.